The summed E-state index contributed by atoms with van der Waals surface area (Å²) in [6.45, 7) is 5.46. The Labute approximate surface area is 171 Å². The highest BCUT2D eigenvalue weighted by Crippen LogP contribution is 2.19. The lowest BCUT2D eigenvalue weighted by molar-refractivity contribution is -0.133. The lowest BCUT2D eigenvalue weighted by atomic mass is 10.1. The molecule has 0 radical (unpaired) electrons. The van der Waals surface area contributed by atoms with Crippen molar-refractivity contribution in [1.82, 2.24) is 10.2 Å². The Balaban J connectivity index is 1.44. The number of likely N-dealkylation sites (tertiary alicyclic amines) is 1. The molecule has 3 rings (SSSR count). The van der Waals surface area contributed by atoms with Crippen molar-refractivity contribution in [2.24, 2.45) is 0 Å². The van der Waals surface area contributed by atoms with Gasteiger partial charge in [-0.05, 0) is 49.6 Å². The van der Waals surface area contributed by atoms with Crippen molar-refractivity contribution in [3.8, 4) is 11.5 Å². The average molecular weight is 396 g/mol. The van der Waals surface area contributed by atoms with Crippen LogP contribution < -0.4 is 14.8 Å². The molecular weight excluding hydrogens is 368 g/mol. The van der Waals surface area contributed by atoms with E-state index in [2.05, 4.69) is 5.32 Å². The number of hydrogen-bond donors (Lipinski definition) is 1. The van der Waals surface area contributed by atoms with Gasteiger partial charge in [-0.15, -0.1) is 0 Å². The minimum atomic E-state index is -0.457. The van der Waals surface area contributed by atoms with Crippen LogP contribution in [0.1, 0.15) is 29.5 Å². The highest BCUT2D eigenvalue weighted by molar-refractivity contribution is 5.89. The summed E-state index contributed by atoms with van der Waals surface area (Å²) in [5.41, 5.74) is 3.25. The summed E-state index contributed by atoms with van der Waals surface area (Å²) in [6, 6.07) is 13.1. The second kappa shape index (κ2) is 9.45. The molecule has 1 aliphatic rings. The van der Waals surface area contributed by atoms with E-state index in [9.17, 15) is 9.59 Å². The van der Waals surface area contributed by atoms with Gasteiger partial charge in [0.25, 0.3) is 0 Å². The van der Waals surface area contributed by atoms with Gasteiger partial charge in [0, 0.05) is 13.1 Å². The molecule has 0 saturated carbocycles. The lowest BCUT2D eigenvalue weighted by Crippen LogP contribution is -2.41. The third-order valence-electron chi connectivity index (χ3n) is 5.08. The monoisotopic (exact) mass is 396 g/mol. The maximum Gasteiger partial charge on any atom is 0.245 e. The summed E-state index contributed by atoms with van der Waals surface area (Å²) in [5.74, 6) is 1.37. The number of carbonyl (C=O) groups excluding carboxylic acids is 2. The summed E-state index contributed by atoms with van der Waals surface area (Å²) in [4.78, 5) is 26.6. The van der Waals surface area contributed by atoms with Crippen LogP contribution in [0.5, 0.6) is 11.5 Å². The van der Waals surface area contributed by atoms with Gasteiger partial charge in [-0.25, -0.2) is 0 Å². The highest BCUT2D eigenvalue weighted by Gasteiger charge is 2.32. The van der Waals surface area contributed by atoms with Crippen molar-refractivity contribution in [1.29, 1.82) is 0 Å². The van der Waals surface area contributed by atoms with Gasteiger partial charge in [0.15, 0.2) is 0 Å². The third-order valence-corrected chi connectivity index (χ3v) is 5.08. The van der Waals surface area contributed by atoms with E-state index in [4.69, 9.17) is 9.47 Å². The summed E-state index contributed by atoms with van der Waals surface area (Å²) < 4.78 is 10.9. The molecule has 0 bridgehead atoms. The number of benzene rings is 2. The predicted octanol–water partition coefficient (Wildman–Crippen LogP) is 3.00. The quantitative estimate of drug-likeness (QED) is 0.745. The molecule has 1 N–H and O–H groups in total. The first-order valence-electron chi connectivity index (χ1n) is 9.87. The van der Waals surface area contributed by atoms with E-state index in [0.717, 1.165) is 22.6 Å². The van der Waals surface area contributed by atoms with Crippen molar-refractivity contribution in [2.75, 3.05) is 20.3 Å². The molecule has 6 nitrogen and oxygen atoms in total. The van der Waals surface area contributed by atoms with Crippen molar-refractivity contribution in [2.45, 2.75) is 39.3 Å². The van der Waals surface area contributed by atoms with Gasteiger partial charge in [-0.2, -0.15) is 0 Å². The first kappa shape index (κ1) is 20.7. The zero-order valence-corrected chi connectivity index (χ0v) is 17.2. The van der Waals surface area contributed by atoms with E-state index in [-0.39, 0.29) is 24.8 Å². The minimum Gasteiger partial charge on any atom is -0.497 e. The maximum absolute atomic E-state index is 12.6. The molecule has 1 saturated heterocycles. The molecule has 0 spiro atoms. The fraction of sp³-hybridized carbons (Fsp3) is 0.391. The number of rotatable bonds is 8. The number of amides is 2. The van der Waals surface area contributed by atoms with Crippen LogP contribution in [0.25, 0.3) is 0 Å². The summed E-state index contributed by atoms with van der Waals surface area (Å²) >= 11 is 0. The lowest BCUT2D eigenvalue weighted by Gasteiger charge is -2.17. The molecule has 2 amide bonds. The SMILES string of the molecule is COc1ccc(CN2CC[C@H](NC(=O)CCOc3ccc(C)cc3C)C2=O)cc1. The molecule has 2 aromatic rings. The number of nitrogens with one attached hydrogen (secondary N) is 1. The Bertz CT molecular complexity index is 864. The Hall–Kier alpha value is -3.02. The number of methoxy groups -OCH3 is 1. The zero-order chi connectivity index (χ0) is 20.8. The normalized spacial score (nSPS) is 16.0. The van der Waals surface area contributed by atoms with Crippen LogP contribution in [0.2, 0.25) is 0 Å². The van der Waals surface area contributed by atoms with Gasteiger partial charge < -0.3 is 19.7 Å². The molecular formula is C23H28N2O4. The Morgan fingerprint density at radius 2 is 1.93 bits per heavy atom. The van der Waals surface area contributed by atoms with Crippen LogP contribution >= 0.6 is 0 Å². The van der Waals surface area contributed by atoms with E-state index in [1.807, 2.05) is 56.3 Å². The molecule has 0 aromatic heterocycles. The number of ether oxygens (including phenoxy) is 2. The standard InChI is InChI=1S/C23H28N2O4/c1-16-4-9-21(17(2)14-16)29-13-11-22(26)24-20-10-12-25(23(20)27)15-18-5-7-19(28-3)8-6-18/h4-9,14,20H,10-13,15H2,1-3H3,(H,24,26)/t20-/m0/s1. The molecule has 1 heterocycles. The summed E-state index contributed by atoms with van der Waals surface area (Å²) in [6.07, 6.45) is 0.841. The molecule has 1 aliphatic heterocycles. The van der Waals surface area contributed by atoms with E-state index < -0.39 is 6.04 Å². The summed E-state index contributed by atoms with van der Waals surface area (Å²) in [5, 5.41) is 2.84. The number of aryl methyl sites for hydroxylation is 2. The van der Waals surface area contributed by atoms with Crippen LogP contribution in [0.3, 0.4) is 0 Å². The largest absolute Gasteiger partial charge is 0.497 e. The molecule has 0 aliphatic carbocycles. The third kappa shape index (κ3) is 5.50. The average Bonchev–Trinajstić information content (AvgIpc) is 3.03. The van der Waals surface area contributed by atoms with Crippen LogP contribution in [0.15, 0.2) is 42.5 Å². The van der Waals surface area contributed by atoms with Gasteiger partial charge in [0.05, 0.1) is 20.1 Å². The van der Waals surface area contributed by atoms with Crippen LogP contribution in [-0.4, -0.2) is 43.0 Å². The molecule has 154 valence electrons. The number of hydrogen-bond acceptors (Lipinski definition) is 4. The Morgan fingerprint density at radius 1 is 1.17 bits per heavy atom. The Kier molecular flexibility index (Phi) is 6.75. The second-order valence-corrected chi connectivity index (χ2v) is 7.38. The van der Waals surface area contributed by atoms with Gasteiger partial charge >= 0.3 is 0 Å². The van der Waals surface area contributed by atoms with Gasteiger partial charge in [0.1, 0.15) is 17.5 Å². The van der Waals surface area contributed by atoms with Gasteiger partial charge in [-0.3, -0.25) is 9.59 Å². The topological polar surface area (TPSA) is 67.9 Å². The number of nitrogens with zero attached hydrogens (tertiary/aromatic N) is 1. The molecule has 2 aromatic carbocycles. The minimum absolute atomic E-state index is 0.0375. The van der Waals surface area contributed by atoms with E-state index in [0.29, 0.717) is 19.5 Å². The molecule has 0 unspecified atom stereocenters. The maximum atomic E-state index is 12.6. The first-order chi connectivity index (χ1) is 14.0. The molecule has 6 heteroatoms. The Morgan fingerprint density at radius 3 is 2.62 bits per heavy atom. The second-order valence-electron chi connectivity index (χ2n) is 7.38. The van der Waals surface area contributed by atoms with E-state index in [1.54, 1.807) is 12.0 Å². The van der Waals surface area contributed by atoms with Crippen LogP contribution in [0, 0.1) is 13.8 Å². The van der Waals surface area contributed by atoms with Crippen LogP contribution in [-0.2, 0) is 16.1 Å². The van der Waals surface area contributed by atoms with E-state index >= 15 is 0 Å². The van der Waals surface area contributed by atoms with E-state index in [1.165, 1.54) is 5.56 Å². The highest BCUT2D eigenvalue weighted by atomic mass is 16.5. The van der Waals surface area contributed by atoms with Gasteiger partial charge in [-0.1, -0.05) is 29.8 Å². The molecule has 1 fully saturated rings. The van der Waals surface area contributed by atoms with Crippen molar-refractivity contribution >= 4 is 11.8 Å². The van der Waals surface area contributed by atoms with Crippen molar-refractivity contribution in [3.63, 3.8) is 0 Å². The first-order valence-corrected chi connectivity index (χ1v) is 9.87. The predicted molar refractivity (Wildman–Crippen MR) is 111 cm³/mol. The fourth-order valence-electron chi connectivity index (χ4n) is 3.46. The van der Waals surface area contributed by atoms with Crippen molar-refractivity contribution < 1.29 is 19.1 Å². The van der Waals surface area contributed by atoms with Crippen molar-refractivity contribution in [3.05, 3.63) is 59.2 Å². The van der Waals surface area contributed by atoms with Gasteiger partial charge in [0.2, 0.25) is 11.8 Å². The summed E-state index contributed by atoms with van der Waals surface area (Å²) in [7, 11) is 1.62. The van der Waals surface area contributed by atoms with Crippen LogP contribution in [0.4, 0.5) is 0 Å². The molecule has 29 heavy (non-hydrogen) atoms. The number of carbonyl (C=O) groups is 2. The fourth-order valence-corrected chi connectivity index (χ4v) is 3.46. The zero-order valence-electron chi connectivity index (χ0n) is 17.2. The molecule has 1 atom stereocenters. The smallest absolute Gasteiger partial charge is 0.245 e.